The highest BCUT2D eigenvalue weighted by Gasteiger charge is 2.19. The second kappa shape index (κ2) is 4.57. The lowest BCUT2D eigenvalue weighted by molar-refractivity contribution is 0.0690. The number of para-hydroxylation sites is 1. The average Bonchev–Trinajstić information content (AvgIpc) is 2.71. The number of hydrogen-bond donors (Lipinski definition) is 1. The van der Waals surface area contributed by atoms with Gasteiger partial charge in [0.05, 0.1) is 0 Å². The summed E-state index contributed by atoms with van der Waals surface area (Å²) in [6.07, 6.45) is 1.16. The van der Waals surface area contributed by atoms with Crippen LogP contribution in [0, 0.1) is 0 Å². The zero-order chi connectivity index (χ0) is 10.7. The third-order valence-electron chi connectivity index (χ3n) is 2.30. The number of aromatic carboxylic acids is 1. The lowest BCUT2D eigenvalue weighted by Crippen LogP contribution is -2.16. The molecule has 0 radical (unpaired) electrons. The van der Waals surface area contributed by atoms with Crippen LogP contribution in [0.1, 0.15) is 16.8 Å². The van der Waals surface area contributed by atoms with E-state index in [2.05, 4.69) is 0 Å². The molecule has 80 valence electrons. The van der Waals surface area contributed by atoms with Gasteiger partial charge in [-0.15, -0.1) is 0 Å². The predicted molar refractivity (Wildman–Crippen MR) is 59.8 cm³/mol. The van der Waals surface area contributed by atoms with Gasteiger partial charge in [0.15, 0.2) is 0 Å². The van der Waals surface area contributed by atoms with Crippen molar-refractivity contribution in [3.05, 3.63) is 29.8 Å². The number of ether oxygens (including phenoxy) is 1. The van der Waals surface area contributed by atoms with Crippen molar-refractivity contribution in [2.24, 2.45) is 0 Å². The van der Waals surface area contributed by atoms with E-state index in [1.807, 2.05) is 11.8 Å². The first-order valence-electron chi connectivity index (χ1n) is 4.84. The van der Waals surface area contributed by atoms with E-state index in [4.69, 9.17) is 9.84 Å². The van der Waals surface area contributed by atoms with Gasteiger partial charge in [-0.2, -0.15) is 11.8 Å². The molecule has 1 saturated heterocycles. The molecule has 1 fully saturated rings. The van der Waals surface area contributed by atoms with Crippen LogP contribution >= 0.6 is 11.8 Å². The fraction of sp³-hybridized carbons (Fsp3) is 0.364. The fourth-order valence-corrected chi connectivity index (χ4v) is 2.63. The van der Waals surface area contributed by atoms with E-state index in [1.165, 1.54) is 0 Å². The van der Waals surface area contributed by atoms with E-state index >= 15 is 0 Å². The third kappa shape index (κ3) is 2.45. The number of carboxylic acid groups (broad SMARTS) is 1. The first-order valence-corrected chi connectivity index (χ1v) is 5.99. The van der Waals surface area contributed by atoms with Gasteiger partial charge in [0.1, 0.15) is 17.4 Å². The van der Waals surface area contributed by atoms with Crippen LogP contribution in [0.15, 0.2) is 24.3 Å². The van der Waals surface area contributed by atoms with Crippen LogP contribution in [0.4, 0.5) is 0 Å². The van der Waals surface area contributed by atoms with Gasteiger partial charge in [0, 0.05) is 5.75 Å². The molecule has 1 N–H and O–H groups in total. The van der Waals surface area contributed by atoms with E-state index in [-0.39, 0.29) is 11.7 Å². The van der Waals surface area contributed by atoms with Gasteiger partial charge in [-0.05, 0) is 24.3 Å². The van der Waals surface area contributed by atoms with Crippen molar-refractivity contribution in [1.82, 2.24) is 0 Å². The van der Waals surface area contributed by atoms with Crippen molar-refractivity contribution < 1.29 is 14.6 Å². The minimum Gasteiger partial charge on any atom is -0.489 e. The van der Waals surface area contributed by atoms with E-state index in [0.717, 1.165) is 17.9 Å². The highest BCUT2D eigenvalue weighted by atomic mass is 32.2. The minimum atomic E-state index is -0.934. The molecule has 1 heterocycles. The zero-order valence-electron chi connectivity index (χ0n) is 8.18. The minimum absolute atomic E-state index is 0.162. The van der Waals surface area contributed by atoms with E-state index in [1.54, 1.807) is 24.3 Å². The van der Waals surface area contributed by atoms with Gasteiger partial charge in [0.2, 0.25) is 0 Å². The molecule has 0 amide bonds. The van der Waals surface area contributed by atoms with Gasteiger partial charge in [-0.25, -0.2) is 4.79 Å². The number of benzene rings is 1. The molecule has 1 aliphatic heterocycles. The molecule has 1 aromatic carbocycles. The third-order valence-corrected chi connectivity index (χ3v) is 3.43. The Morgan fingerprint density at radius 3 is 2.93 bits per heavy atom. The standard InChI is InChI=1S/C11H12O3S/c12-11(13)9-3-1-2-4-10(9)14-8-5-6-15-7-8/h1-4,8H,5-7H2,(H,12,13). The second-order valence-electron chi connectivity index (χ2n) is 3.40. The summed E-state index contributed by atoms with van der Waals surface area (Å²) in [6, 6.07) is 6.79. The first kappa shape index (κ1) is 10.4. The number of carbonyl (C=O) groups is 1. The summed E-state index contributed by atoms with van der Waals surface area (Å²) in [5.41, 5.74) is 0.245. The Bertz CT molecular complexity index is 359. The van der Waals surface area contributed by atoms with E-state index < -0.39 is 5.97 Å². The van der Waals surface area contributed by atoms with Crippen LogP contribution in [-0.4, -0.2) is 28.7 Å². The van der Waals surface area contributed by atoms with Gasteiger partial charge < -0.3 is 9.84 Å². The maximum absolute atomic E-state index is 10.9. The molecule has 0 bridgehead atoms. The molecule has 0 aromatic heterocycles. The molecule has 15 heavy (non-hydrogen) atoms. The van der Waals surface area contributed by atoms with E-state index in [0.29, 0.717) is 5.75 Å². The Morgan fingerprint density at radius 2 is 2.27 bits per heavy atom. The topological polar surface area (TPSA) is 46.5 Å². The summed E-state index contributed by atoms with van der Waals surface area (Å²) in [6.45, 7) is 0. The summed E-state index contributed by atoms with van der Waals surface area (Å²) >= 11 is 1.84. The fourth-order valence-electron chi connectivity index (χ4n) is 1.53. The number of thioether (sulfide) groups is 1. The largest absolute Gasteiger partial charge is 0.489 e. The zero-order valence-corrected chi connectivity index (χ0v) is 9.00. The van der Waals surface area contributed by atoms with Crippen LogP contribution in [0.3, 0.4) is 0 Å². The monoisotopic (exact) mass is 224 g/mol. The van der Waals surface area contributed by atoms with Crippen molar-refractivity contribution in [3.63, 3.8) is 0 Å². The number of hydrogen-bond acceptors (Lipinski definition) is 3. The van der Waals surface area contributed by atoms with Crippen LogP contribution in [-0.2, 0) is 0 Å². The Labute approximate surface area is 92.4 Å². The maximum Gasteiger partial charge on any atom is 0.339 e. The highest BCUT2D eigenvalue weighted by molar-refractivity contribution is 7.99. The lowest BCUT2D eigenvalue weighted by atomic mass is 10.2. The van der Waals surface area contributed by atoms with Gasteiger partial charge >= 0.3 is 5.97 Å². The van der Waals surface area contributed by atoms with Crippen molar-refractivity contribution in [3.8, 4) is 5.75 Å². The molecule has 3 nitrogen and oxygen atoms in total. The SMILES string of the molecule is O=C(O)c1ccccc1OC1CCSC1. The summed E-state index contributed by atoms with van der Waals surface area (Å²) < 4.78 is 5.67. The van der Waals surface area contributed by atoms with Gasteiger partial charge in [-0.3, -0.25) is 0 Å². The highest BCUT2D eigenvalue weighted by Crippen LogP contribution is 2.25. The van der Waals surface area contributed by atoms with Crippen LogP contribution in [0.25, 0.3) is 0 Å². The molecule has 0 aliphatic carbocycles. The molecular formula is C11H12O3S. The Morgan fingerprint density at radius 1 is 1.47 bits per heavy atom. The molecule has 1 aromatic rings. The predicted octanol–water partition coefficient (Wildman–Crippen LogP) is 2.27. The lowest BCUT2D eigenvalue weighted by Gasteiger charge is -2.13. The Hall–Kier alpha value is -1.16. The Balaban J connectivity index is 2.15. The second-order valence-corrected chi connectivity index (χ2v) is 4.55. The van der Waals surface area contributed by atoms with Crippen molar-refractivity contribution in [1.29, 1.82) is 0 Å². The number of carboxylic acids is 1. The summed E-state index contributed by atoms with van der Waals surface area (Å²) in [5.74, 6) is 1.60. The Kier molecular flexibility index (Phi) is 3.16. The molecule has 1 atom stereocenters. The summed E-state index contributed by atoms with van der Waals surface area (Å²) in [4.78, 5) is 10.9. The quantitative estimate of drug-likeness (QED) is 0.855. The molecule has 0 spiro atoms. The van der Waals surface area contributed by atoms with Crippen LogP contribution < -0.4 is 4.74 Å². The van der Waals surface area contributed by atoms with E-state index in [9.17, 15) is 4.79 Å². The smallest absolute Gasteiger partial charge is 0.339 e. The van der Waals surface area contributed by atoms with Crippen molar-refractivity contribution in [2.45, 2.75) is 12.5 Å². The average molecular weight is 224 g/mol. The summed E-state index contributed by atoms with van der Waals surface area (Å²) in [5, 5.41) is 8.95. The molecule has 1 unspecified atom stereocenters. The normalized spacial score (nSPS) is 20.1. The van der Waals surface area contributed by atoms with Gasteiger partial charge in [-0.1, -0.05) is 12.1 Å². The van der Waals surface area contributed by atoms with Crippen LogP contribution in [0.2, 0.25) is 0 Å². The van der Waals surface area contributed by atoms with Gasteiger partial charge in [0.25, 0.3) is 0 Å². The molecule has 4 heteroatoms. The molecule has 2 rings (SSSR count). The maximum atomic E-state index is 10.9. The molecular weight excluding hydrogens is 212 g/mol. The van der Waals surface area contributed by atoms with Crippen LogP contribution in [0.5, 0.6) is 5.75 Å². The van der Waals surface area contributed by atoms with Crippen molar-refractivity contribution in [2.75, 3.05) is 11.5 Å². The van der Waals surface area contributed by atoms with Crippen molar-refractivity contribution >= 4 is 17.7 Å². The first-order chi connectivity index (χ1) is 7.27. The number of rotatable bonds is 3. The summed E-state index contributed by atoms with van der Waals surface area (Å²) in [7, 11) is 0. The molecule has 1 aliphatic rings. The molecule has 0 saturated carbocycles.